The molecule has 5 rings (SSSR count). The molecular weight excluding hydrogens is 428 g/mol. The molecule has 3 heterocycles. The highest BCUT2D eigenvalue weighted by molar-refractivity contribution is 6.04. The molecule has 0 aliphatic carbocycles. The van der Waals surface area contributed by atoms with Gasteiger partial charge in [0.1, 0.15) is 18.0 Å². The highest BCUT2D eigenvalue weighted by Crippen LogP contribution is 2.19. The van der Waals surface area contributed by atoms with Crippen LogP contribution < -0.4 is 10.1 Å². The third-order valence-electron chi connectivity index (χ3n) is 5.96. The Hall–Kier alpha value is -4.13. The molecule has 0 radical (unpaired) electrons. The zero-order chi connectivity index (χ0) is 23.5. The number of aryl methyl sites for hydroxylation is 1. The number of carbonyl (C=O) groups is 2. The molecule has 0 atom stereocenters. The molecule has 1 fully saturated rings. The zero-order valence-corrected chi connectivity index (χ0v) is 19.0. The van der Waals surface area contributed by atoms with Gasteiger partial charge in [-0.3, -0.25) is 9.59 Å². The van der Waals surface area contributed by atoms with Gasteiger partial charge in [-0.1, -0.05) is 18.2 Å². The van der Waals surface area contributed by atoms with Gasteiger partial charge in [-0.15, -0.1) is 0 Å². The molecule has 2 aromatic heterocycles. The first-order valence-electron chi connectivity index (χ1n) is 11.4. The van der Waals surface area contributed by atoms with E-state index in [1.165, 1.54) is 0 Å². The highest BCUT2D eigenvalue weighted by atomic mass is 16.5. The number of rotatable bonds is 7. The van der Waals surface area contributed by atoms with Crippen molar-refractivity contribution in [1.29, 1.82) is 0 Å². The number of fused-ring (bicyclic) bond motifs is 1. The number of pyridine rings is 1. The number of aromatic nitrogens is 2. The summed E-state index contributed by atoms with van der Waals surface area (Å²) in [5.74, 6) is 0.660. The van der Waals surface area contributed by atoms with Crippen molar-refractivity contribution in [3.8, 4) is 5.75 Å². The van der Waals surface area contributed by atoms with Crippen LogP contribution >= 0.6 is 0 Å². The van der Waals surface area contributed by atoms with Crippen molar-refractivity contribution < 1.29 is 14.3 Å². The first-order chi connectivity index (χ1) is 16.5. The molecule has 2 aromatic carbocycles. The lowest BCUT2D eigenvalue weighted by Gasteiger charge is -2.16. The summed E-state index contributed by atoms with van der Waals surface area (Å²) in [6.45, 7) is 3.74. The molecule has 1 aliphatic rings. The van der Waals surface area contributed by atoms with E-state index in [9.17, 15) is 9.59 Å². The van der Waals surface area contributed by atoms with Crippen molar-refractivity contribution in [2.24, 2.45) is 0 Å². The summed E-state index contributed by atoms with van der Waals surface area (Å²) < 4.78 is 7.85. The van der Waals surface area contributed by atoms with Crippen LogP contribution in [0.4, 0.5) is 5.69 Å². The molecule has 1 N–H and O–H groups in total. The largest absolute Gasteiger partial charge is 0.487 e. The summed E-state index contributed by atoms with van der Waals surface area (Å²) in [5.41, 5.74) is 5.11. The second-order valence-corrected chi connectivity index (χ2v) is 8.54. The molecule has 34 heavy (non-hydrogen) atoms. The van der Waals surface area contributed by atoms with Gasteiger partial charge in [0.2, 0.25) is 5.91 Å². The Morgan fingerprint density at radius 2 is 1.97 bits per heavy atom. The number of nitrogens with one attached hydrogen (secondary N) is 1. The predicted molar refractivity (Wildman–Crippen MR) is 130 cm³/mol. The van der Waals surface area contributed by atoms with E-state index >= 15 is 0 Å². The lowest BCUT2D eigenvalue weighted by Crippen LogP contribution is -2.23. The van der Waals surface area contributed by atoms with E-state index in [4.69, 9.17) is 4.74 Å². The van der Waals surface area contributed by atoms with Gasteiger partial charge in [-0.2, -0.15) is 0 Å². The van der Waals surface area contributed by atoms with Crippen LogP contribution in [0.2, 0.25) is 0 Å². The number of benzene rings is 2. The first-order valence-corrected chi connectivity index (χ1v) is 11.4. The number of amides is 2. The summed E-state index contributed by atoms with van der Waals surface area (Å²) in [4.78, 5) is 31.1. The fourth-order valence-electron chi connectivity index (χ4n) is 4.18. The van der Waals surface area contributed by atoms with Crippen LogP contribution in [-0.2, 0) is 17.9 Å². The molecule has 0 spiro atoms. The van der Waals surface area contributed by atoms with Crippen LogP contribution in [0.1, 0.15) is 40.0 Å². The maximum Gasteiger partial charge on any atom is 0.255 e. The molecule has 2 amide bonds. The monoisotopic (exact) mass is 454 g/mol. The van der Waals surface area contributed by atoms with E-state index in [1.807, 2.05) is 65.0 Å². The summed E-state index contributed by atoms with van der Waals surface area (Å²) in [5, 5.41) is 2.94. The minimum atomic E-state index is -0.197. The molecule has 0 unspecified atom stereocenters. The molecule has 1 saturated heterocycles. The number of hydrogen-bond donors (Lipinski definition) is 1. The molecule has 0 bridgehead atoms. The van der Waals surface area contributed by atoms with Crippen LogP contribution in [0.3, 0.4) is 0 Å². The third-order valence-corrected chi connectivity index (χ3v) is 5.96. The van der Waals surface area contributed by atoms with E-state index in [0.29, 0.717) is 36.6 Å². The van der Waals surface area contributed by atoms with Crippen molar-refractivity contribution in [3.05, 3.63) is 95.4 Å². The SMILES string of the molecule is Cc1cccn2cc(COc3ccc(C(=O)Nc4cccc(CN5CCCC5=O)c4)cc3)nc12. The van der Waals surface area contributed by atoms with Crippen molar-refractivity contribution in [2.75, 3.05) is 11.9 Å². The van der Waals surface area contributed by atoms with E-state index in [2.05, 4.69) is 10.3 Å². The van der Waals surface area contributed by atoms with Crippen LogP contribution in [0.25, 0.3) is 5.65 Å². The Labute approximate surface area is 198 Å². The maximum atomic E-state index is 12.7. The lowest BCUT2D eigenvalue weighted by atomic mass is 10.1. The number of carbonyl (C=O) groups excluding carboxylic acids is 2. The molecule has 7 nitrogen and oxygen atoms in total. The van der Waals surface area contributed by atoms with Crippen LogP contribution in [-0.4, -0.2) is 32.6 Å². The average molecular weight is 455 g/mol. The number of likely N-dealkylation sites (tertiary alicyclic amines) is 1. The van der Waals surface area contributed by atoms with Gasteiger partial charge in [0.05, 0.1) is 5.69 Å². The fourth-order valence-corrected chi connectivity index (χ4v) is 4.18. The van der Waals surface area contributed by atoms with Crippen LogP contribution in [0.15, 0.2) is 73.1 Å². The smallest absolute Gasteiger partial charge is 0.255 e. The molecule has 4 aromatic rings. The van der Waals surface area contributed by atoms with Crippen molar-refractivity contribution in [3.63, 3.8) is 0 Å². The molecular formula is C27H26N4O3. The van der Waals surface area contributed by atoms with E-state index in [-0.39, 0.29) is 11.8 Å². The van der Waals surface area contributed by atoms with Crippen molar-refractivity contribution >= 4 is 23.1 Å². The van der Waals surface area contributed by atoms with Gasteiger partial charge in [0.25, 0.3) is 5.91 Å². The predicted octanol–water partition coefficient (Wildman–Crippen LogP) is 4.60. The normalized spacial score (nSPS) is 13.4. The minimum absolute atomic E-state index is 0.188. The summed E-state index contributed by atoms with van der Waals surface area (Å²) >= 11 is 0. The zero-order valence-electron chi connectivity index (χ0n) is 19.0. The Bertz CT molecular complexity index is 1340. The Kier molecular flexibility index (Phi) is 5.99. The Balaban J connectivity index is 1.18. The summed E-state index contributed by atoms with van der Waals surface area (Å²) in [6.07, 6.45) is 5.45. The molecule has 0 saturated carbocycles. The molecule has 7 heteroatoms. The Morgan fingerprint density at radius 1 is 1.12 bits per heavy atom. The topological polar surface area (TPSA) is 75.9 Å². The molecule has 172 valence electrons. The number of hydrogen-bond acceptors (Lipinski definition) is 4. The summed E-state index contributed by atoms with van der Waals surface area (Å²) in [6, 6.07) is 18.7. The van der Waals surface area contributed by atoms with Gasteiger partial charge < -0.3 is 19.4 Å². The second-order valence-electron chi connectivity index (χ2n) is 8.54. The quantitative estimate of drug-likeness (QED) is 0.443. The maximum absolute atomic E-state index is 12.7. The Morgan fingerprint density at radius 3 is 2.74 bits per heavy atom. The first kappa shape index (κ1) is 21.7. The van der Waals surface area contributed by atoms with Crippen molar-refractivity contribution in [2.45, 2.75) is 32.9 Å². The van der Waals surface area contributed by atoms with Crippen LogP contribution in [0, 0.1) is 6.92 Å². The van der Waals surface area contributed by atoms with E-state index < -0.39 is 0 Å². The standard InChI is InChI=1S/C27H26N4O3/c1-19-5-3-14-31-17-23(28-26(19)31)18-34-24-11-9-21(10-12-24)27(33)29-22-7-2-6-20(15-22)16-30-13-4-8-25(30)32/h2-3,5-7,9-12,14-15,17H,4,8,13,16,18H2,1H3,(H,29,33). The van der Waals surface area contributed by atoms with Crippen LogP contribution in [0.5, 0.6) is 5.75 Å². The summed E-state index contributed by atoms with van der Waals surface area (Å²) in [7, 11) is 0. The number of nitrogens with zero attached hydrogens (tertiary/aromatic N) is 3. The van der Waals surface area contributed by atoms with Gasteiger partial charge in [0, 0.05) is 43.2 Å². The minimum Gasteiger partial charge on any atom is -0.487 e. The molecule has 1 aliphatic heterocycles. The van der Waals surface area contributed by atoms with E-state index in [0.717, 1.165) is 35.4 Å². The number of imidazole rings is 1. The van der Waals surface area contributed by atoms with Crippen molar-refractivity contribution in [1.82, 2.24) is 14.3 Å². The van der Waals surface area contributed by atoms with Gasteiger partial charge in [0.15, 0.2) is 0 Å². The lowest BCUT2D eigenvalue weighted by molar-refractivity contribution is -0.128. The number of ether oxygens (including phenoxy) is 1. The van der Waals surface area contributed by atoms with Gasteiger partial charge in [-0.05, 0) is 66.9 Å². The van der Waals surface area contributed by atoms with Gasteiger partial charge in [-0.25, -0.2) is 4.98 Å². The fraction of sp³-hybridized carbons (Fsp3) is 0.222. The highest BCUT2D eigenvalue weighted by Gasteiger charge is 2.20. The van der Waals surface area contributed by atoms with E-state index in [1.54, 1.807) is 24.3 Å². The van der Waals surface area contributed by atoms with Gasteiger partial charge >= 0.3 is 0 Å². The second kappa shape index (κ2) is 9.39. The third kappa shape index (κ3) is 4.78. The average Bonchev–Trinajstić information content (AvgIpc) is 3.45. The number of anilines is 1.